The molecule has 1 rings (SSSR count). The zero-order valence-corrected chi connectivity index (χ0v) is 15.9. The van der Waals surface area contributed by atoms with E-state index in [0.29, 0.717) is 0 Å². The van der Waals surface area contributed by atoms with Gasteiger partial charge in [-0.05, 0) is 33.8 Å². The molecule has 0 amide bonds. The summed E-state index contributed by atoms with van der Waals surface area (Å²) in [6.45, 7) is 5.95. The summed E-state index contributed by atoms with van der Waals surface area (Å²) < 4.78 is 72.9. The first kappa shape index (κ1) is 22.5. The summed E-state index contributed by atoms with van der Waals surface area (Å²) in [6, 6.07) is 1.09. The fraction of sp³-hybridized carbons (Fsp3) is 0.562. The maximum absolute atomic E-state index is 13.3. The molecular weight excluding hydrogens is 376 g/mol. The van der Waals surface area contributed by atoms with Crippen molar-refractivity contribution >= 4 is 18.9 Å². The summed E-state index contributed by atoms with van der Waals surface area (Å²) in [6.07, 6.45) is -4.14. The third-order valence-corrected chi connectivity index (χ3v) is 5.26. The van der Waals surface area contributed by atoms with Gasteiger partial charge in [0, 0.05) is 5.56 Å². The zero-order valence-electron chi connectivity index (χ0n) is 15.0. The molecule has 1 aromatic rings. The summed E-state index contributed by atoms with van der Waals surface area (Å²) >= 11 is 0. The van der Waals surface area contributed by atoms with E-state index < -0.39 is 37.5 Å². The Bertz CT molecular complexity index is 683. The molecule has 0 aliphatic heterocycles. The van der Waals surface area contributed by atoms with Crippen molar-refractivity contribution in [1.29, 1.82) is 0 Å². The first-order valence-electron chi connectivity index (χ1n) is 8.02. The molecule has 0 atom stereocenters. The number of rotatable bonds is 9. The number of alkyl halides is 3. The highest BCUT2D eigenvalue weighted by molar-refractivity contribution is 7.65. The van der Waals surface area contributed by atoms with E-state index in [4.69, 9.17) is 18.2 Å². The second kappa shape index (κ2) is 9.39. The average molecular weight is 398 g/mol. The van der Waals surface area contributed by atoms with E-state index in [-0.39, 0.29) is 30.9 Å². The van der Waals surface area contributed by atoms with Crippen LogP contribution in [0.4, 0.5) is 13.2 Å². The number of furan rings is 1. The Kier molecular flexibility index (Phi) is 8.12. The molecule has 0 saturated heterocycles. The van der Waals surface area contributed by atoms with Crippen LogP contribution >= 0.6 is 7.60 Å². The number of aryl methyl sites for hydroxylation is 1. The van der Waals surface area contributed by atoms with Gasteiger partial charge in [0.25, 0.3) is 0 Å². The monoisotopic (exact) mass is 398 g/mol. The predicted molar refractivity (Wildman–Crippen MR) is 88.5 cm³/mol. The van der Waals surface area contributed by atoms with Crippen LogP contribution in [0, 0.1) is 6.92 Å². The fourth-order valence-electron chi connectivity index (χ4n) is 2.20. The number of ether oxygens (including phenoxy) is 1. The number of hydrogen-bond donors (Lipinski definition) is 0. The van der Waals surface area contributed by atoms with Gasteiger partial charge >= 0.3 is 19.7 Å². The Morgan fingerprint density at radius 1 is 1.19 bits per heavy atom. The molecule has 1 aromatic heterocycles. The lowest BCUT2D eigenvalue weighted by Gasteiger charge is -2.20. The lowest BCUT2D eigenvalue weighted by Crippen LogP contribution is -2.09. The smallest absolute Gasteiger partial charge is 0.450 e. The van der Waals surface area contributed by atoms with E-state index >= 15 is 0 Å². The lowest BCUT2D eigenvalue weighted by atomic mass is 10.2. The number of carbonyl (C=O) groups is 1. The fourth-order valence-corrected chi connectivity index (χ4v) is 4.01. The first-order valence-corrected chi connectivity index (χ1v) is 9.56. The normalized spacial score (nSPS) is 13.1. The molecule has 10 heteroatoms. The molecule has 0 N–H and O–H groups in total. The highest BCUT2D eigenvalue weighted by Gasteiger charge is 2.43. The minimum atomic E-state index is -4.82. The standard InChI is InChI=1S/C16H22F3O6P/c1-5-22-14(20)9-8-13(26(21,23-6-2)24-7-3)12-10-11(4)25-15(12)16(17,18)19/h8,10H,5-7,9H2,1-4H3/b13-8+. The van der Waals surface area contributed by atoms with Crippen molar-refractivity contribution in [2.45, 2.75) is 40.3 Å². The van der Waals surface area contributed by atoms with Gasteiger partial charge in [-0.1, -0.05) is 6.08 Å². The van der Waals surface area contributed by atoms with Crippen molar-refractivity contribution in [3.05, 3.63) is 29.2 Å². The van der Waals surface area contributed by atoms with Crippen molar-refractivity contribution < 1.29 is 40.7 Å². The van der Waals surface area contributed by atoms with Crippen molar-refractivity contribution in [3.63, 3.8) is 0 Å². The zero-order chi connectivity index (χ0) is 20.0. The molecule has 0 saturated carbocycles. The van der Waals surface area contributed by atoms with Crippen LogP contribution in [0.25, 0.3) is 5.31 Å². The Labute approximate surface area is 149 Å². The number of halogens is 3. The van der Waals surface area contributed by atoms with Gasteiger partial charge in [-0.2, -0.15) is 13.2 Å². The third-order valence-electron chi connectivity index (χ3n) is 3.05. The first-order chi connectivity index (χ1) is 12.1. The summed E-state index contributed by atoms with van der Waals surface area (Å²) in [4.78, 5) is 11.6. The largest absolute Gasteiger partial charge is 0.466 e. The van der Waals surface area contributed by atoms with Crippen LogP contribution in [-0.2, 0) is 29.3 Å². The van der Waals surface area contributed by atoms with Gasteiger partial charge in [0.1, 0.15) is 5.76 Å². The maximum atomic E-state index is 13.3. The maximum Gasteiger partial charge on any atom is 0.450 e. The van der Waals surface area contributed by atoms with Gasteiger partial charge in [-0.3, -0.25) is 9.36 Å². The van der Waals surface area contributed by atoms with Crippen LogP contribution in [0.2, 0.25) is 0 Å². The van der Waals surface area contributed by atoms with Crippen molar-refractivity contribution in [1.82, 2.24) is 0 Å². The number of hydrogen-bond acceptors (Lipinski definition) is 6. The highest BCUT2D eigenvalue weighted by atomic mass is 31.2. The summed E-state index contributed by atoms with van der Waals surface area (Å²) in [5.41, 5.74) is -0.482. The number of carbonyl (C=O) groups excluding carboxylic acids is 1. The predicted octanol–water partition coefficient (Wildman–Crippen LogP) is 5.17. The van der Waals surface area contributed by atoms with Crippen LogP contribution in [0.15, 0.2) is 16.6 Å². The SMILES string of the molecule is CCOC(=O)C/C=C(\c1cc(C)oc1C(F)(F)F)P(=O)(OCC)OCC. The van der Waals surface area contributed by atoms with Crippen molar-refractivity contribution in [2.24, 2.45) is 0 Å². The van der Waals surface area contributed by atoms with Gasteiger partial charge in [-0.25, -0.2) is 0 Å². The molecule has 0 spiro atoms. The van der Waals surface area contributed by atoms with E-state index in [1.807, 2.05) is 0 Å². The molecule has 0 unspecified atom stereocenters. The van der Waals surface area contributed by atoms with Gasteiger partial charge < -0.3 is 18.2 Å². The van der Waals surface area contributed by atoms with Crippen molar-refractivity contribution in [2.75, 3.05) is 19.8 Å². The van der Waals surface area contributed by atoms with Gasteiger partial charge in [0.15, 0.2) is 0 Å². The quantitative estimate of drug-likeness (QED) is 0.422. The Morgan fingerprint density at radius 2 is 1.77 bits per heavy atom. The Balaban J connectivity index is 3.53. The summed E-state index contributed by atoms with van der Waals surface area (Å²) in [7, 11) is -4.12. The van der Waals surface area contributed by atoms with Crippen LogP contribution in [0.1, 0.15) is 44.3 Å². The topological polar surface area (TPSA) is 75.0 Å². The summed E-state index contributed by atoms with van der Waals surface area (Å²) in [5.74, 6) is -2.04. The molecule has 6 nitrogen and oxygen atoms in total. The van der Waals surface area contributed by atoms with Gasteiger partial charge in [0.2, 0.25) is 5.76 Å². The Hall–Kier alpha value is -1.57. The van der Waals surface area contributed by atoms with Gasteiger partial charge in [-0.15, -0.1) is 0 Å². The van der Waals surface area contributed by atoms with E-state index in [1.165, 1.54) is 20.8 Å². The molecule has 0 aliphatic rings. The second-order valence-corrected chi connectivity index (χ2v) is 7.02. The molecule has 0 radical (unpaired) electrons. The van der Waals surface area contributed by atoms with E-state index in [0.717, 1.165) is 12.1 Å². The van der Waals surface area contributed by atoms with Crippen molar-refractivity contribution in [3.8, 4) is 0 Å². The average Bonchev–Trinajstić information content (AvgIpc) is 2.90. The number of esters is 1. The van der Waals surface area contributed by atoms with E-state index in [1.54, 1.807) is 6.92 Å². The molecule has 148 valence electrons. The molecule has 0 aromatic carbocycles. The van der Waals surface area contributed by atoms with Gasteiger partial charge in [0.05, 0.1) is 31.6 Å². The Morgan fingerprint density at radius 3 is 2.23 bits per heavy atom. The second-order valence-electron chi connectivity index (χ2n) is 5.03. The minimum Gasteiger partial charge on any atom is -0.466 e. The van der Waals surface area contributed by atoms with Crippen LogP contribution in [-0.4, -0.2) is 25.8 Å². The summed E-state index contributed by atoms with van der Waals surface area (Å²) in [5, 5.41) is -0.376. The van der Waals surface area contributed by atoms with Crippen LogP contribution < -0.4 is 0 Å². The molecule has 1 heterocycles. The minimum absolute atomic E-state index is 0.0334. The van der Waals surface area contributed by atoms with Crippen LogP contribution in [0.3, 0.4) is 0 Å². The lowest BCUT2D eigenvalue weighted by molar-refractivity contribution is -0.153. The third kappa shape index (κ3) is 5.72. The molecule has 0 bridgehead atoms. The molecular formula is C16H22F3O6P. The van der Waals surface area contributed by atoms with Crippen LogP contribution in [0.5, 0.6) is 0 Å². The highest BCUT2D eigenvalue weighted by Crippen LogP contribution is 2.62. The van der Waals surface area contributed by atoms with E-state index in [9.17, 15) is 22.5 Å². The molecule has 26 heavy (non-hydrogen) atoms. The van der Waals surface area contributed by atoms with E-state index in [2.05, 4.69) is 0 Å². The molecule has 0 fully saturated rings. The molecule has 0 aliphatic carbocycles.